The van der Waals surface area contributed by atoms with Gasteiger partial charge < -0.3 is 14.8 Å². The van der Waals surface area contributed by atoms with E-state index in [1.54, 1.807) is 42.2 Å². The van der Waals surface area contributed by atoms with Crippen LogP contribution in [-0.4, -0.2) is 40.8 Å². The molecule has 0 heterocycles. The number of carbonyl (C=O) groups is 3. The second kappa shape index (κ2) is 11.8. The van der Waals surface area contributed by atoms with E-state index in [4.69, 9.17) is 23.2 Å². The number of nitrogens with zero attached hydrogens (tertiary/aromatic N) is 2. The molecule has 2 unspecified atom stereocenters. The maximum atomic E-state index is 13.9. The Kier molecular flexibility index (Phi) is 8.86. The van der Waals surface area contributed by atoms with Crippen LogP contribution in [0.4, 0.5) is 0 Å². The van der Waals surface area contributed by atoms with Gasteiger partial charge in [0.05, 0.1) is 21.7 Å². The van der Waals surface area contributed by atoms with Crippen LogP contribution in [0.25, 0.3) is 10.8 Å². The van der Waals surface area contributed by atoms with E-state index >= 15 is 0 Å². The van der Waals surface area contributed by atoms with Gasteiger partial charge in [-0.15, -0.1) is 0 Å². The summed E-state index contributed by atoms with van der Waals surface area (Å²) in [5, 5.41) is 20.9. The predicted octanol–water partition coefficient (Wildman–Crippen LogP) is 6.09. The molecule has 0 saturated heterocycles. The van der Waals surface area contributed by atoms with Crippen LogP contribution in [0.1, 0.15) is 53.6 Å². The highest BCUT2D eigenvalue weighted by molar-refractivity contribution is 6.42. The first-order valence-corrected chi connectivity index (χ1v) is 11.8. The molecule has 8 heteroatoms. The van der Waals surface area contributed by atoms with Crippen molar-refractivity contribution in [1.82, 2.24) is 4.90 Å². The number of hydrogen-bond acceptors (Lipinski definition) is 4. The fourth-order valence-corrected chi connectivity index (χ4v) is 4.40. The summed E-state index contributed by atoms with van der Waals surface area (Å²) in [6.07, 6.45) is 1.02. The second-order valence-electron chi connectivity index (χ2n) is 8.37. The summed E-state index contributed by atoms with van der Waals surface area (Å²) >= 11 is 12.3. The average molecular weight is 511 g/mol. The minimum absolute atomic E-state index is 0.116. The number of hydrogen-bond donors (Lipinski definition) is 1. The summed E-state index contributed by atoms with van der Waals surface area (Å²) < 4.78 is 0. The SMILES string of the molecule is CC(CCC(=O)O)N(CC(CC=O)c1ccc(Cl)c(Cl)c1)C(=O)c1cc(C#N)cc2ccccc12. The van der Waals surface area contributed by atoms with Crippen molar-refractivity contribution >= 4 is 52.1 Å². The van der Waals surface area contributed by atoms with Gasteiger partial charge in [0.15, 0.2) is 0 Å². The minimum Gasteiger partial charge on any atom is -0.481 e. The molecule has 1 amide bonds. The number of fused-ring (bicyclic) bond motifs is 1. The lowest BCUT2D eigenvalue weighted by atomic mass is 9.93. The quantitative estimate of drug-likeness (QED) is 0.333. The van der Waals surface area contributed by atoms with Crippen molar-refractivity contribution in [3.63, 3.8) is 0 Å². The lowest BCUT2D eigenvalue weighted by Crippen LogP contribution is -2.42. The molecule has 6 nitrogen and oxygen atoms in total. The fourth-order valence-electron chi connectivity index (χ4n) is 4.09. The Morgan fingerprint density at radius 2 is 1.86 bits per heavy atom. The number of carboxylic acid groups (broad SMARTS) is 1. The van der Waals surface area contributed by atoms with Crippen molar-refractivity contribution in [2.75, 3.05) is 6.54 Å². The zero-order chi connectivity index (χ0) is 25.5. The Morgan fingerprint density at radius 1 is 1.11 bits per heavy atom. The van der Waals surface area contributed by atoms with Crippen LogP contribution in [0, 0.1) is 11.3 Å². The van der Waals surface area contributed by atoms with Crippen molar-refractivity contribution in [3.05, 3.63) is 81.3 Å². The number of benzene rings is 3. The number of rotatable bonds is 10. The van der Waals surface area contributed by atoms with Gasteiger partial charge in [-0.1, -0.05) is 53.5 Å². The molecule has 0 fully saturated rings. The number of halogens is 2. The van der Waals surface area contributed by atoms with Crippen molar-refractivity contribution < 1.29 is 19.5 Å². The highest BCUT2D eigenvalue weighted by Gasteiger charge is 2.28. The van der Waals surface area contributed by atoms with Gasteiger partial charge >= 0.3 is 5.97 Å². The molecule has 0 radical (unpaired) electrons. The average Bonchev–Trinajstić information content (AvgIpc) is 2.85. The first kappa shape index (κ1) is 26.2. The molecular weight excluding hydrogens is 487 g/mol. The standard InChI is InChI=1S/C27H24Cl2N2O4/c1-17(6-9-26(33)34)31(16-21(10-11-32)19-7-8-24(28)25(29)14-19)27(35)23-13-18(15-30)12-20-4-2-3-5-22(20)23/h2-5,7-8,11-14,17,21H,6,9-10,16H2,1H3,(H,33,34). The van der Waals surface area contributed by atoms with Crippen LogP contribution in [0.2, 0.25) is 10.0 Å². The zero-order valence-electron chi connectivity index (χ0n) is 19.1. The summed E-state index contributed by atoms with van der Waals surface area (Å²) in [6.45, 7) is 1.94. The molecule has 3 rings (SSSR count). The second-order valence-corrected chi connectivity index (χ2v) is 9.18. The normalized spacial score (nSPS) is 12.5. The van der Waals surface area contributed by atoms with Crippen molar-refractivity contribution in [2.24, 2.45) is 0 Å². The summed E-state index contributed by atoms with van der Waals surface area (Å²) in [6, 6.07) is 17.3. The van der Waals surface area contributed by atoms with E-state index in [9.17, 15) is 24.8 Å². The number of amides is 1. The lowest BCUT2D eigenvalue weighted by molar-refractivity contribution is -0.137. The molecule has 0 aliphatic carbocycles. The first-order valence-electron chi connectivity index (χ1n) is 11.1. The third kappa shape index (κ3) is 6.39. The Bertz CT molecular complexity index is 1300. The third-order valence-corrected chi connectivity index (χ3v) is 6.74. The molecule has 180 valence electrons. The molecule has 35 heavy (non-hydrogen) atoms. The molecule has 3 aromatic rings. The molecule has 0 bridgehead atoms. The third-order valence-electron chi connectivity index (χ3n) is 6.00. The van der Waals surface area contributed by atoms with Gasteiger partial charge in [0, 0.05) is 36.9 Å². The number of carboxylic acids is 1. The smallest absolute Gasteiger partial charge is 0.303 e. The fraction of sp³-hybridized carbons (Fsp3) is 0.259. The monoisotopic (exact) mass is 510 g/mol. The van der Waals surface area contributed by atoms with Gasteiger partial charge in [0.2, 0.25) is 0 Å². The number of aliphatic carboxylic acids is 1. The Labute approximate surface area is 213 Å². The Morgan fingerprint density at radius 3 is 2.51 bits per heavy atom. The summed E-state index contributed by atoms with van der Waals surface area (Å²) in [4.78, 5) is 38.3. The molecule has 2 atom stereocenters. The van der Waals surface area contributed by atoms with Gasteiger partial charge in [-0.05, 0) is 53.9 Å². The highest BCUT2D eigenvalue weighted by atomic mass is 35.5. The first-order chi connectivity index (χ1) is 16.7. The maximum absolute atomic E-state index is 13.9. The van der Waals surface area contributed by atoms with Gasteiger partial charge in [0.1, 0.15) is 6.29 Å². The van der Waals surface area contributed by atoms with Gasteiger partial charge in [-0.3, -0.25) is 9.59 Å². The maximum Gasteiger partial charge on any atom is 0.303 e. The van der Waals surface area contributed by atoms with Crippen molar-refractivity contribution in [1.29, 1.82) is 5.26 Å². The predicted molar refractivity (Wildman–Crippen MR) is 136 cm³/mol. The summed E-state index contributed by atoms with van der Waals surface area (Å²) in [5.41, 5.74) is 1.44. The van der Waals surface area contributed by atoms with Crippen LogP contribution in [0.15, 0.2) is 54.6 Å². The number of aldehydes is 1. The zero-order valence-corrected chi connectivity index (χ0v) is 20.6. The van der Waals surface area contributed by atoms with Gasteiger partial charge in [0.25, 0.3) is 5.91 Å². The molecule has 0 spiro atoms. The Hall–Kier alpha value is -3.40. The van der Waals surface area contributed by atoms with Crippen molar-refractivity contribution in [3.8, 4) is 6.07 Å². The number of nitriles is 1. The van der Waals surface area contributed by atoms with E-state index in [1.165, 1.54) is 0 Å². The van der Waals surface area contributed by atoms with Crippen LogP contribution in [-0.2, 0) is 9.59 Å². The van der Waals surface area contributed by atoms with E-state index in [0.717, 1.165) is 17.2 Å². The van der Waals surface area contributed by atoms with Crippen LogP contribution in [0.3, 0.4) is 0 Å². The molecule has 0 saturated carbocycles. The molecule has 0 aliphatic rings. The summed E-state index contributed by atoms with van der Waals surface area (Å²) in [7, 11) is 0. The largest absolute Gasteiger partial charge is 0.481 e. The van der Waals surface area contributed by atoms with E-state index in [1.807, 2.05) is 24.3 Å². The van der Waals surface area contributed by atoms with E-state index in [2.05, 4.69) is 6.07 Å². The summed E-state index contributed by atoms with van der Waals surface area (Å²) in [5.74, 6) is -1.69. The van der Waals surface area contributed by atoms with E-state index in [0.29, 0.717) is 26.6 Å². The molecular formula is C27H24Cl2N2O4. The number of carbonyl (C=O) groups excluding carboxylic acids is 2. The lowest BCUT2D eigenvalue weighted by Gasteiger charge is -2.33. The van der Waals surface area contributed by atoms with Crippen molar-refractivity contribution in [2.45, 2.75) is 38.1 Å². The van der Waals surface area contributed by atoms with Crippen LogP contribution >= 0.6 is 23.2 Å². The topological polar surface area (TPSA) is 98.5 Å². The molecule has 3 aromatic carbocycles. The van der Waals surface area contributed by atoms with E-state index < -0.39 is 12.0 Å². The highest BCUT2D eigenvalue weighted by Crippen LogP contribution is 2.30. The van der Waals surface area contributed by atoms with Gasteiger partial charge in [-0.25, -0.2) is 0 Å². The molecule has 1 N–H and O–H groups in total. The van der Waals surface area contributed by atoms with E-state index in [-0.39, 0.29) is 37.6 Å². The minimum atomic E-state index is -0.963. The van der Waals surface area contributed by atoms with Crippen LogP contribution in [0.5, 0.6) is 0 Å². The Balaban J connectivity index is 2.07. The van der Waals surface area contributed by atoms with Gasteiger partial charge in [-0.2, -0.15) is 5.26 Å². The molecule has 0 aromatic heterocycles. The van der Waals surface area contributed by atoms with Crippen LogP contribution < -0.4 is 0 Å². The molecule has 0 aliphatic heterocycles.